The van der Waals surface area contributed by atoms with Crippen molar-refractivity contribution in [2.75, 3.05) is 13.2 Å². The van der Waals surface area contributed by atoms with Crippen molar-refractivity contribution in [1.29, 1.82) is 0 Å². The zero-order valence-electron chi connectivity index (χ0n) is 12.3. The van der Waals surface area contributed by atoms with Gasteiger partial charge in [-0.05, 0) is 31.2 Å². The van der Waals surface area contributed by atoms with Gasteiger partial charge in [-0.2, -0.15) is 0 Å². The van der Waals surface area contributed by atoms with Crippen LogP contribution < -0.4 is 5.73 Å². The highest BCUT2D eigenvalue weighted by Crippen LogP contribution is 2.23. The summed E-state index contributed by atoms with van der Waals surface area (Å²) in [4.78, 5) is 11.6. The molecule has 1 aromatic carbocycles. The summed E-state index contributed by atoms with van der Waals surface area (Å²) in [7, 11) is 0. The molecule has 1 aromatic heterocycles. The molecule has 3 N–H and O–H groups in total. The molecule has 5 nitrogen and oxygen atoms in total. The molecule has 0 saturated carbocycles. The summed E-state index contributed by atoms with van der Waals surface area (Å²) < 4.78 is 10.6. The van der Waals surface area contributed by atoms with Crippen LogP contribution in [0.4, 0.5) is 0 Å². The Kier molecular flexibility index (Phi) is 7.11. The highest BCUT2D eigenvalue weighted by atomic mass is 35.5. The minimum Gasteiger partial charge on any atom is -0.462 e. The van der Waals surface area contributed by atoms with E-state index in [1.807, 2.05) is 12.1 Å². The van der Waals surface area contributed by atoms with E-state index >= 15 is 0 Å². The second-order valence-electron chi connectivity index (χ2n) is 4.71. The number of aliphatic hydroxyl groups excluding tert-OH is 1. The first-order valence-electron chi connectivity index (χ1n) is 6.86. The average Bonchev–Trinajstić information content (AvgIpc) is 2.96. The van der Waals surface area contributed by atoms with Gasteiger partial charge < -0.3 is 20.0 Å². The molecule has 0 bridgehead atoms. The Hall–Kier alpha value is -1.82. The van der Waals surface area contributed by atoms with Crippen molar-refractivity contribution in [2.45, 2.75) is 19.4 Å². The molecule has 0 spiro atoms. The Morgan fingerprint density at radius 1 is 1.27 bits per heavy atom. The van der Waals surface area contributed by atoms with Crippen LogP contribution in [0.3, 0.4) is 0 Å². The fraction of sp³-hybridized carbons (Fsp3) is 0.312. The van der Waals surface area contributed by atoms with Gasteiger partial charge in [-0.3, -0.25) is 0 Å². The van der Waals surface area contributed by atoms with Crippen LogP contribution in [0.15, 0.2) is 40.8 Å². The molecule has 0 amide bonds. The number of carbonyl (C=O) groups excluding carboxylic acids is 1. The van der Waals surface area contributed by atoms with Crippen molar-refractivity contribution < 1.29 is 19.1 Å². The van der Waals surface area contributed by atoms with Crippen LogP contribution in [0, 0.1) is 0 Å². The average molecular weight is 326 g/mol. The van der Waals surface area contributed by atoms with Crippen molar-refractivity contribution in [3.05, 3.63) is 47.7 Å². The molecule has 1 unspecified atom stereocenters. The number of rotatable bonds is 6. The summed E-state index contributed by atoms with van der Waals surface area (Å²) in [5, 5.41) is 8.94. The lowest BCUT2D eigenvalue weighted by molar-refractivity contribution is 0.0526. The maximum Gasteiger partial charge on any atom is 0.338 e. The zero-order chi connectivity index (χ0) is 15.2. The summed E-state index contributed by atoms with van der Waals surface area (Å²) in [5.74, 6) is 1.09. The summed E-state index contributed by atoms with van der Waals surface area (Å²) in [6.45, 7) is 2.05. The number of hydrogen-bond donors (Lipinski definition) is 2. The first-order chi connectivity index (χ1) is 10.1. The number of esters is 1. The van der Waals surface area contributed by atoms with Crippen LogP contribution in [0.2, 0.25) is 0 Å². The van der Waals surface area contributed by atoms with Crippen molar-refractivity contribution in [1.82, 2.24) is 0 Å². The summed E-state index contributed by atoms with van der Waals surface area (Å²) >= 11 is 0. The van der Waals surface area contributed by atoms with Crippen molar-refractivity contribution >= 4 is 18.4 Å². The van der Waals surface area contributed by atoms with Crippen molar-refractivity contribution in [2.24, 2.45) is 5.73 Å². The Morgan fingerprint density at radius 2 is 1.95 bits per heavy atom. The van der Waals surface area contributed by atoms with E-state index in [2.05, 4.69) is 0 Å². The first kappa shape index (κ1) is 18.2. The molecule has 0 radical (unpaired) electrons. The molecule has 2 aromatic rings. The fourth-order valence-electron chi connectivity index (χ4n) is 1.95. The van der Waals surface area contributed by atoms with Crippen molar-refractivity contribution in [3.8, 4) is 11.3 Å². The van der Waals surface area contributed by atoms with E-state index in [4.69, 9.17) is 20.0 Å². The van der Waals surface area contributed by atoms with Gasteiger partial charge in [0.25, 0.3) is 0 Å². The number of aliphatic hydroxyl groups is 1. The normalized spacial score (nSPS) is 11.6. The highest BCUT2D eigenvalue weighted by molar-refractivity contribution is 5.89. The van der Waals surface area contributed by atoms with Gasteiger partial charge in [0.05, 0.1) is 18.8 Å². The van der Waals surface area contributed by atoms with Gasteiger partial charge in [-0.25, -0.2) is 4.79 Å². The maximum atomic E-state index is 11.6. The van der Waals surface area contributed by atoms with Crippen LogP contribution in [0.5, 0.6) is 0 Å². The molecule has 2 rings (SSSR count). The predicted octanol–water partition coefficient (Wildman–Crippen LogP) is 2.41. The molecule has 22 heavy (non-hydrogen) atoms. The lowest BCUT2D eigenvalue weighted by Gasteiger charge is -2.05. The topological polar surface area (TPSA) is 85.7 Å². The van der Waals surface area contributed by atoms with Crippen LogP contribution in [0.1, 0.15) is 23.0 Å². The van der Waals surface area contributed by atoms with Gasteiger partial charge in [-0.15, -0.1) is 12.4 Å². The number of furan rings is 1. The quantitative estimate of drug-likeness (QED) is 0.797. The van der Waals surface area contributed by atoms with E-state index in [0.29, 0.717) is 24.4 Å². The summed E-state index contributed by atoms with van der Waals surface area (Å²) in [5.41, 5.74) is 7.05. The Morgan fingerprint density at radius 3 is 2.55 bits per heavy atom. The number of carbonyl (C=O) groups is 1. The van der Waals surface area contributed by atoms with Gasteiger partial charge in [0.15, 0.2) is 0 Å². The molecular formula is C16H20ClNO4. The van der Waals surface area contributed by atoms with Gasteiger partial charge in [0.1, 0.15) is 11.5 Å². The number of ether oxygens (including phenoxy) is 1. The van der Waals surface area contributed by atoms with E-state index in [1.165, 1.54) is 0 Å². The summed E-state index contributed by atoms with van der Waals surface area (Å²) in [6.07, 6.45) is 0.484. The first-order valence-corrected chi connectivity index (χ1v) is 6.86. The van der Waals surface area contributed by atoms with E-state index < -0.39 is 0 Å². The van der Waals surface area contributed by atoms with Gasteiger partial charge in [-0.1, -0.05) is 12.1 Å². The Balaban J connectivity index is 0.00000242. The van der Waals surface area contributed by atoms with Gasteiger partial charge >= 0.3 is 5.97 Å². The number of nitrogens with two attached hydrogens (primary N) is 1. The monoisotopic (exact) mass is 325 g/mol. The predicted molar refractivity (Wildman–Crippen MR) is 86.1 cm³/mol. The van der Waals surface area contributed by atoms with E-state index in [1.54, 1.807) is 31.2 Å². The Labute approximate surface area is 135 Å². The minimum absolute atomic E-state index is 0. The second kappa shape index (κ2) is 8.58. The second-order valence-corrected chi connectivity index (χ2v) is 4.71. The van der Waals surface area contributed by atoms with Crippen LogP contribution in [-0.2, 0) is 11.2 Å². The lowest BCUT2D eigenvalue weighted by atomic mass is 10.1. The molecule has 0 aliphatic carbocycles. The third kappa shape index (κ3) is 4.59. The zero-order valence-corrected chi connectivity index (χ0v) is 13.1. The molecule has 1 heterocycles. The standard InChI is InChI=1S/C16H19NO4.ClH/c1-2-20-16(19)12-5-3-11(4-6-12)15-8-7-14(21-15)9-13(17)10-18;/h3-8,13,18H,2,9-10,17H2,1H3;1H. The van der Waals surface area contributed by atoms with E-state index in [0.717, 1.165) is 11.3 Å². The summed E-state index contributed by atoms with van der Waals surface area (Å²) in [6, 6.07) is 10.4. The molecule has 6 heteroatoms. The molecule has 120 valence electrons. The number of benzene rings is 1. The Bertz CT molecular complexity index is 594. The lowest BCUT2D eigenvalue weighted by Crippen LogP contribution is -2.26. The smallest absolute Gasteiger partial charge is 0.338 e. The fourth-order valence-corrected chi connectivity index (χ4v) is 1.95. The van der Waals surface area contributed by atoms with Gasteiger partial charge in [0.2, 0.25) is 0 Å². The van der Waals surface area contributed by atoms with E-state index in [-0.39, 0.29) is 31.0 Å². The molecule has 1 atom stereocenters. The SMILES string of the molecule is CCOC(=O)c1ccc(-c2ccc(CC(N)CO)o2)cc1.Cl. The number of halogens is 1. The van der Waals surface area contributed by atoms with Crippen LogP contribution in [0.25, 0.3) is 11.3 Å². The number of hydrogen-bond acceptors (Lipinski definition) is 5. The largest absolute Gasteiger partial charge is 0.462 e. The molecule has 0 saturated heterocycles. The van der Waals surface area contributed by atoms with Gasteiger partial charge in [0, 0.05) is 18.0 Å². The third-order valence-corrected chi connectivity index (χ3v) is 3.04. The van der Waals surface area contributed by atoms with Crippen LogP contribution >= 0.6 is 12.4 Å². The maximum absolute atomic E-state index is 11.6. The van der Waals surface area contributed by atoms with Crippen molar-refractivity contribution in [3.63, 3.8) is 0 Å². The third-order valence-electron chi connectivity index (χ3n) is 3.04. The van der Waals surface area contributed by atoms with E-state index in [9.17, 15) is 4.79 Å². The van der Waals surface area contributed by atoms with Crippen LogP contribution in [-0.4, -0.2) is 30.3 Å². The molecule has 0 aliphatic rings. The highest BCUT2D eigenvalue weighted by Gasteiger charge is 2.10. The molecular weight excluding hydrogens is 306 g/mol. The molecule has 0 aliphatic heterocycles. The minimum atomic E-state index is -0.335. The molecule has 0 fully saturated rings.